The van der Waals surface area contributed by atoms with E-state index in [1.807, 2.05) is 0 Å². The fraction of sp³-hybridized carbons (Fsp3) is 0.278. The van der Waals surface area contributed by atoms with Crippen LogP contribution in [0.1, 0.15) is 11.1 Å². The minimum absolute atomic E-state index is 0.0518. The summed E-state index contributed by atoms with van der Waals surface area (Å²) >= 11 is 2.85. The third-order valence-electron chi connectivity index (χ3n) is 3.96. The zero-order valence-corrected chi connectivity index (χ0v) is 18.2. The Morgan fingerprint density at radius 3 is 2.31 bits per heavy atom. The van der Waals surface area contributed by atoms with Gasteiger partial charge in [-0.3, -0.25) is 4.79 Å². The first-order chi connectivity index (χ1) is 13.3. The van der Waals surface area contributed by atoms with E-state index in [-0.39, 0.29) is 27.3 Å². The lowest BCUT2D eigenvalue weighted by atomic mass is 10.2. The van der Waals surface area contributed by atoms with Gasteiger partial charge in [0.2, 0.25) is 15.9 Å². The normalized spacial score (nSPS) is 12.1. The molecule has 2 rings (SSSR count). The van der Waals surface area contributed by atoms with Gasteiger partial charge in [0, 0.05) is 29.9 Å². The molecule has 0 saturated carbocycles. The van der Waals surface area contributed by atoms with E-state index in [9.17, 15) is 26.4 Å². The van der Waals surface area contributed by atoms with Crippen molar-refractivity contribution in [2.24, 2.45) is 0 Å². The molecule has 0 unspecified atom stereocenters. The van der Waals surface area contributed by atoms with Gasteiger partial charge in [0.05, 0.1) is 17.0 Å². The molecule has 0 aromatic heterocycles. The van der Waals surface area contributed by atoms with Crippen molar-refractivity contribution in [3.63, 3.8) is 0 Å². The summed E-state index contributed by atoms with van der Waals surface area (Å²) in [5.74, 6) is -0.543. The van der Waals surface area contributed by atoms with Gasteiger partial charge in [0.15, 0.2) is 0 Å². The van der Waals surface area contributed by atoms with Crippen LogP contribution in [-0.2, 0) is 21.0 Å². The Bertz CT molecular complexity index is 1020. The van der Waals surface area contributed by atoms with Crippen LogP contribution in [0.2, 0.25) is 0 Å². The zero-order chi connectivity index (χ0) is 22.0. The number of sulfonamides is 1. The second-order valence-corrected chi connectivity index (χ2v) is 9.34. The predicted octanol–water partition coefficient (Wildman–Crippen LogP) is 4.08. The van der Waals surface area contributed by atoms with Crippen molar-refractivity contribution in [1.82, 2.24) is 4.31 Å². The highest BCUT2D eigenvalue weighted by molar-refractivity contribution is 9.10. The smallest absolute Gasteiger partial charge is 0.376 e. The fourth-order valence-electron chi connectivity index (χ4n) is 2.39. The van der Waals surface area contributed by atoms with Gasteiger partial charge in [-0.1, -0.05) is 22.0 Å². The van der Waals surface area contributed by atoms with Gasteiger partial charge in [0.1, 0.15) is 0 Å². The molecule has 6 nitrogen and oxygen atoms in total. The number of rotatable bonds is 6. The Labute approximate surface area is 175 Å². The maximum Gasteiger partial charge on any atom is 0.417 e. The number of benzene rings is 2. The quantitative estimate of drug-likeness (QED) is 0.635. The van der Waals surface area contributed by atoms with Crippen LogP contribution in [0.4, 0.5) is 24.5 Å². The molecule has 11 heteroatoms. The number of amides is 1. The Morgan fingerprint density at radius 1 is 1.10 bits per heavy atom. The zero-order valence-electron chi connectivity index (χ0n) is 15.8. The third kappa shape index (κ3) is 5.71. The monoisotopic (exact) mass is 493 g/mol. The number of aryl methyl sites for hydroxylation is 1. The number of anilines is 2. The van der Waals surface area contributed by atoms with Crippen molar-refractivity contribution in [3.8, 4) is 0 Å². The number of alkyl halides is 3. The summed E-state index contributed by atoms with van der Waals surface area (Å²) < 4.78 is 64.5. The lowest BCUT2D eigenvalue weighted by Gasteiger charge is -2.15. The lowest BCUT2D eigenvalue weighted by molar-refractivity contribution is -0.138. The molecular formula is C18H19BrF3N3O3S. The predicted molar refractivity (Wildman–Crippen MR) is 108 cm³/mol. The molecule has 2 aromatic carbocycles. The van der Waals surface area contributed by atoms with Crippen LogP contribution in [0.5, 0.6) is 0 Å². The van der Waals surface area contributed by atoms with Crippen LogP contribution in [0.15, 0.2) is 45.8 Å². The molecule has 158 valence electrons. The van der Waals surface area contributed by atoms with Gasteiger partial charge >= 0.3 is 6.18 Å². The molecular weight excluding hydrogens is 475 g/mol. The van der Waals surface area contributed by atoms with Crippen LogP contribution >= 0.6 is 15.9 Å². The summed E-state index contributed by atoms with van der Waals surface area (Å²) in [7, 11) is -0.888. The summed E-state index contributed by atoms with van der Waals surface area (Å²) in [5, 5.41) is 5.15. The Hall–Kier alpha value is -2.11. The number of nitrogens with one attached hydrogen (secondary N) is 2. The van der Waals surface area contributed by atoms with E-state index in [0.717, 1.165) is 10.4 Å². The topological polar surface area (TPSA) is 78.5 Å². The minimum atomic E-state index is -4.53. The van der Waals surface area contributed by atoms with Crippen molar-refractivity contribution in [2.75, 3.05) is 31.3 Å². The van der Waals surface area contributed by atoms with Crippen LogP contribution in [0.25, 0.3) is 0 Å². The van der Waals surface area contributed by atoms with E-state index in [2.05, 4.69) is 26.6 Å². The van der Waals surface area contributed by atoms with E-state index < -0.39 is 27.7 Å². The van der Waals surface area contributed by atoms with Crippen LogP contribution in [-0.4, -0.2) is 39.3 Å². The summed E-state index contributed by atoms with van der Waals surface area (Å²) in [5.41, 5.74) is 0.0365. The standard InChI is InChI=1S/C18H19BrF3N3O3S/c1-11-4-5-13(9-16(11)29(27,28)25(2)3)24-17(26)10-23-12-6-7-15(19)14(8-12)18(20,21)22/h4-9,23H,10H2,1-3H3,(H,24,26). The first-order valence-corrected chi connectivity index (χ1v) is 10.5. The molecule has 29 heavy (non-hydrogen) atoms. The largest absolute Gasteiger partial charge is 0.417 e. The van der Waals surface area contributed by atoms with E-state index in [1.165, 1.54) is 32.3 Å². The summed E-state index contributed by atoms with van der Waals surface area (Å²) in [4.78, 5) is 12.2. The first-order valence-electron chi connectivity index (χ1n) is 8.26. The van der Waals surface area contributed by atoms with Gasteiger partial charge in [-0.15, -0.1) is 0 Å². The molecule has 0 spiro atoms. The van der Waals surface area contributed by atoms with E-state index in [4.69, 9.17) is 0 Å². The Balaban J connectivity index is 2.11. The SMILES string of the molecule is Cc1ccc(NC(=O)CNc2ccc(Br)c(C(F)(F)F)c2)cc1S(=O)(=O)N(C)C. The highest BCUT2D eigenvalue weighted by Gasteiger charge is 2.33. The third-order valence-corrected chi connectivity index (χ3v) is 6.60. The van der Waals surface area contributed by atoms with E-state index in [0.29, 0.717) is 5.56 Å². The van der Waals surface area contributed by atoms with Crippen molar-refractivity contribution >= 4 is 43.2 Å². The molecule has 2 aromatic rings. The Morgan fingerprint density at radius 2 is 1.72 bits per heavy atom. The maximum absolute atomic E-state index is 12.9. The van der Waals surface area contributed by atoms with Gasteiger partial charge in [-0.25, -0.2) is 12.7 Å². The highest BCUT2D eigenvalue weighted by atomic mass is 79.9. The average Bonchev–Trinajstić information content (AvgIpc) is 2.61. The second-order valence-electron chi connectivity index (χ2n) is 6.36. The second kappa shape index (κ2) is 8.72. The van der Waals surface area contributed by atoms with Crippen LogP contribution < -0.4 is 10.6 Å². The van der Waals surface area contributed by atoms with Gasteiger partial charge < -0.3 is 10.6 Å². The molecule has 0 aliphatic heterocycles. The van der Waals surface area contributed by atoms with E-state index in [1.54, 1.807) is 19.1 Å². The maximum atomic E-state index is 12.9. The number of hydrogen-bond acceptors (Lipinski definition) is 4. The average molecular weight is 494 g/mol. The van der Waals surface area contributed by atoms with Crippen LogP contribution in [0.3, 0.4) is 0 Å². The lowest BCUT2D eigenvalue weighted by Crippen LogP contribution is -2.24. The summed E-state index contributed by atoms with van der Waals surface area (Å²) in [6.07, 6.45) is -4.53. The number of carbonyl (C=O) groups is 1. The molecule has 0 radical (unpaired) electrons. The van der Waals surface area contributed by atoms with Crippen molar-refractivity contribution in [3.05, 3.63) is 52.0 Å². The molecule has 0 saturated heterocycles. The van der Waals surface area contributed by atoms with Crippen molar-refractivity contribution in [1.29, 1.82) is 0 Å². The molecule has 0 fully saturated rings. The summed E-state index contributed by atoms with van der Waals surface area (Å²) in [6, 6.07) is 7.98. The highest BCUT2D eigenvalue weighted by Crippen LogP contribution is 2.36. The molecule has 1 amide bonds. The van der Waals surface area contributed by atoms with Crippen molar-refractivity contribution < 1.29 is 26.4 Å². The van der Waals surface area contributed by atoms with Gasteiger partial charge in [-0.05, 0) is 42.8 Å². The molecule has 0 heterocycles. The molecule has 0 bridgehead atoms. The molecule has 2 N–H and O–H groups in total. The van der Waals surface area contributed by atoms with Gasteiger partial charge in [-0.2, -0.15) is 13.2 Å². The number of hydrogen-bond donors (Lipinski definition) is 2. The Kier molecular flexibility index (Phi) is 6.97. The molecule has 0 aliphatic rings. The van der Waals surface area contributed by atoms with Gasteiger partial charge in [0.25, 0.3) is 0 Å². The summed E-state index contributed by atoms with van der Waals surface area (Å²) in [6.45, 7) is 1.33. The minimum Gasteiger partial charge on any atom is -0.376 e. The molecule has 0 atom stereocenters. The van der Waals surface area contributed by atoms with Crippen molar-refractivity contribution in [2.45, 2.75) is 18.0 Å². The number of nitrogens with zero attached hydrogens (tertiary/aromatic N) is 1. The fourth-order valence-corrected chi connectivity index (χ4v) is 4.01. The number of halogens is 4. The number of carbonyl (C=O) groups excluding carboxylic acids is 1. The molecule has 0 aliphatic carbocycles. The first kappa shape index (κ1) is 23.2. The van der Waals surface area contributed by atoms with Crippen LogP contribution in [0, 0.1) is 6.92 Å². The van der Waals surface area contributed by atoms with E-state index >= 15 is 0 Å².